The van der Waals surface area contributed by atoms with Crippen LogP contribution in [0.2, 0.25) is 0 Å². The molecule has 6 heteroatoms. The minimum Gasteiger partial charge on any atom is -0.355 e. The minimum atomic E-state index is -0.197. The van der Waals surface area contributed by atoms with Crippen LogP contribution in [0.3, 0.4) is 0 Å². The number of aryl methyl sites for hydroxylation is 1. The van der Waals surface area contributed by atoms with E-state index in [9.17, 15) is 4.79 Å². The summed E-state index contributed by atoms with van der Waals surface area (Å²) in [4.78, 5) is 22.8. The zero-order valence-corrected chi connectivity index (χ0v) is 9.80. The molecule has 17 heavy (non-hydrogen) atoms. The van der Waals surface area contributed by atoms with Gasteiger partial charge in [-0.2, -0.15) is 0 Å². The Kier molecular flexibility index (Phi) is 2.25. The number of H-pyrrole nitrogens is 1. The summed E-state index contributed by atoms with van der Waals surface area (Å²) >= 11 is 0. The van der Waals surface area contributed by atoms with Gasteiger partial charge in [-0.1, -0.05) is 0 Å². The van der Waals surface area contributed by atoms with Gasteiger partial charge in [-0.05, 0) is 26.7 Å². The fourth-order valence-corrected chi connectivity index (χ4v) is 2.23. The fourth-order valence-electron chi connectivity index (χ4n) is 2.23. The predicted octanol–water partition coefficient (Wildman–Crippen LogP) is 1.13. The molecule has 1 aliphatic heterocycles. The monoisotopic (exact) mass is 234 g/mol. The van der Waals surface area contributed by atoms with Crippen molar-refractivity contribution in [1.29, 1.82) is 0 Å². The molecule has 0 amide bonds. The number of imidazole rings is 1. The SMILES string of the molecule is Cc1nc2c(ncn2[C@H]2CC[C@@H](C)O2)c(=O)[nH]1. The quantitative estimate of drug-likeness (QED) is 0.802. The Morgan fingerprint density at radius 3 is 3.06 bits per heavy atom. The number of aromatic nitrogens is 4. The lowest BCUT2D eigenvalue weighted by Crippen LogP contribution is -2.13. The summed E-state index contributed by atoms with van der Waals surface area (Å²) in [5, 5.41) is 0. The molecule has 0 radical (unpaired) electrons. The number of ether oxygens (including phenoxy) is 1. The van der Waals surface area contributed by atoms with E-state index in [-0.39, 0.29) is 17.9 Å². The third kappa shape index (κ3) is 1.64. The van der Waals surface area contributed by atoms with Crippen LogP contribution < -0.4 is 5.56 Å². The van der Waals surface area contributed by atoms with E-state index in [1.165, 1.54) is 0 Å². The summed E-state index contributed by atoms with van der Waals surface area (Å²) in [6.45, 7) is 3.81. The van der Waals surface area contributed by atoms with Crippen LogP contribution in [0.1, 0.15) is 31.8 Å². The maximum Gasteiger partial charge on any atom is 0.279 e. The molecule has 0 aliphatic carbocycles. The van der Waals surface area contributed by atoms with E-state index in [0.29, 0.717) is 17.0 Å². The Morgan fingerprint density at radius 1 is 1.53 bits per heavy atom. The molecule has 0 unspecified atom stereocenters. The summed E-state index contributed by atoms with van der Waals surface area (Å²) in [5.41, 5.74) is 0.779. The molecule has 1 saturated heterocycles. The maximum absolute atomic E-state index is 11.7. The van der Waals surface area contributed by atoms with Crippen molar-refractivity contribution < 1.29 is 4.74 Å². The van der Waals surface area contributed by atoms with Crippen molar-refractivity contribution in [2.45, 2.75) is 39.0 Å². The molecule has 0 saturated carbocycles. The van der Waals surface area contributed by atoms with Crippen LogP contribution in [0.4, 0.5) is 0 Å². The van der Waals surface area contributed by atoms with E-state index in [2.05, 4.69) is 15.0 Å². The van der Waals surface area contributed by atoms with Crippen molar-refractivity contribution in [2.24, 2.45) is 0 Å². The second-order valence-electron chi connectivity index (χ2n) is 4.45. The van der Waals surface area contributed by atoms with Gasteiger partial charge in [-0.3, -0.25) is 9.36 Å². The van der Waals surface area contributed by atoms with Crippen molar-refractivity contribution in [3.05, 3.63) is 22.5 Å². The van der Waals surface area contributed by atoms with Crippen LogP contribution in [0.15, 0.2) is 11.1 Å². The molecule has 2 aromatic rings. The summed E-state index contributed by atoms with van der Waals surface area (Å²) in [7, 11) is 0. The second-order valence-corrected chi connectivity index (χ2v) is 4.45. The molecule has 1 fully saturated rings. The van der Waals surface area contributed by atoms with Gasteiger partial charge in [0.05, 0.1) is 12.4 Å². The summed E-state index contributed by atoms with van der Waals surface area (Å²) < 4.78 is 7.61. The highest BCUT2D eigenvalue weighted by Gasteiger charge is 2.25. The molecule has 6 nitrogen and oxygen atoms in total. The van der Waals surface area contributed by atoms with Gasteiger partial charge in [0.1, 0.15) is 12.1 Å². The van der Waals surface area contributed by atoms with Gasteiger partial charge in [0.15, 0.2) is 11.2 Å². The Balaban J connectivity index is 2.15. The number of hydrogen-bond acceptors (Lipinski definition) is 4. The van der Waals surface area contributed by atoms with Crippen LogP contribution in [0, 0.1) is 6.92 Å². The molecule has 3 heterocycles. The van der Waals surface area contributed by atoms with E-state index >= 15 is 0 Å². The first-order chi connectivity index (χ1) is 8.15. The second kappa shape index (κ2) is 3.66. The van der Waals surface area contributed by atoms with Gasteiger partial charge in [0.25, 0.3) is 5.56 Å². The van der Waals surface area contributed by atoms with Gasteiger partial charge in [-0.15, -0.1) is 0 Å². The van der Waals surface area contributed by atoms with Gasteiger partial charge in [-0.25, -0.2) is 9.97 Å². The van der Waals surface area contributed by atoms with E-state index in [4.69, 9.17) is 4.74 Å². The van der Waals surface area contributed by atoms with E-state index in [1.54, 1.807) is 13.3 Å². The molecule has 3 rings (SSSR count). The first-order valence-electron chi connectivity index (χ1n) is 5.74. The maximum atomic E-state index is 11.7. The van der Waals surface area contributed by atoms with Crippen molar-refractivity contribution in [2.75, 3.05) is 0 Å². The lowest BCUT2D eigenvalue weighted by atomic mass is 10.2. The van der Waals surface area contributed by atoms with Gasteiger partial charge >= 0.3 is 0 Å². The zero-order valence-electron chi connectivity index (χ0n) is 9.80. The van der Waals surface area contributed by atoms with Crippen LogP contribution in [-0.4, -0.2) is 25.6 Å². The van der Waals surface area contributed by atoms with E-state index in [0.717, 1.165) is 12.8 Å². The van der Waals surface area contributed by atoms with Crippen LogP contribution in [0.5, 0.6) is 0 Å². The molecular formula is C11H14N4O2. The highest BCUT2D eigenvalue weighted by molar-refractivity contribution is 5.69. The fraction of sp³-hybridized carbons (Fsp3) is 0.545. The average molecular weight is 234 g/mol. The summed E-state index contributed by atoms with van der Waals surface area (Å²) in [6.07, 6.45) is 3.78. The van der Waals surface area contributed by atoms with Crippen molar-refractivity contribution >= 4 is 11.2 Å². The Hall–Kier alpha value is -1.69. The highest BCUT2D eigenvalue weighted by atomic mass is 16.5. The van der Waals surface area contributed by atoms with Crippen LogP contribution in [0.25, 0.3) is 11.2 Å². The Morgan fingerprint density at radius 2 is 2.35 bits per heavy atom. The largest absolute Gasteiger partial charge is 0.355 e. The Labute approximate surface area is 97.7 Å². The van der Waals surface area contributed by atoms with Gasteiger partial charge in [0.2, 0.25) is 0 Å². The van der Waals surface area contributed by atoms with Crippen LogP contribution in [-0.2, 0) is 4.74 Å². The molecule has 2 atom stereocenters. The normalized spacial score (nSPS) is 24.6. The molecule has 1 aliphatic rings. The van der Waals surface area contributed by atoms with E-state index in [1.807, 2.05) is 11.5 Å². The molecular weight excluding hydrogens is 220 g/mol. The van der Waals surface area contributed by atoms with Crippen molar-refractivity contribution in [3.63, 3.8) is 0 Å². The van der Waals surface area contributed by atoms with Gasteiger partial charge < -0.3 is 9.72 Å². The third-order valence-corrected chi connectivity index (χ3v) is 3.07. The Bertz CT molecular complexity index is 615. The number of nitrogens with zero attached hydrogens (tertiary/aromatic N) is 3. The number of fused-ring (bicyclic) bond motifs is 1. The first kappa shape index (κ1) is 10.5. The summed E-state index contributed by atoms with van der Waals surface area (Å²) in [6, 6.07) is 0. The lowest BCUT2D eigenvalue weighted by molar-refractivity contribution is 0.0131. The molecule has 2 aromatic heterocycles. The standard InChI is InChI=1S/C11H14N4O2/c1-6-3-4-8(17-6)15-5-12-9-10(15)13-7(2)14-11(9)16/h5-6,8H,3-4H2,1-2H3,(H,13,14,16)/t6-,8-/m1/s1. The molecule has 0 bridgehead atoms. The molecule has 0 aromatic carbocycles. The zero-order chi connectivity index (χ0) is 12.0. The van der Waals surface area contributed by atoms with Crippen molar-refractivity contribution in [3.8, 4) is 0 Å². The smallest absolute Gasteiger partial charge is 0.279 e. The van der Waals surface area contributed by atoms with Gasteiger partial charge in [0, 0.05) is 0 Å². The average Bonchev–Trinajstić information content (AvgIpc) is 2.83. The minimum absolute atomic E-state index is 0.0521. The number of aromatic amines is 1. The number of hydrogen-bond donors (Lipinski definition) is 1. The topological polar surface area (TPSA) is 72.8 Å². The number of rotatable bonds is 1. The van der Waals surface area contributed by atoms with E-state index < -0.39 is 0 Å². The molecule has 90 valence electrons. The number of nitrogens with one attached hydrogen (secondary N) is 1. The third-order valence-electron chi connectivity index (χ3n) is 3.07. The summed E-state index contributed by atoms with van der Waals surface area (Å²) in [5.74, 6) is 0.593. The molecule has 1 N–H and O–H groups in total. The van der Waals surface area contributed by atoms with Crippen LogP contribution >= 0.6 is 0 Å². The predicted molar refractivity (Wildman–Crippen MR) is 61.7 cm³/mol. The molecule has 0 spiro atoms. The lowest BCUT2D eigenvalue weighted by Gasteiger charge is -2.12. The highest BCUT2D eigenvalue weighted by Crippen LogP contribution is 2.29. The first-order valence-corrected chi connectivity index (χ1v) is 5.74. The van der Waals surface area contributed by atoms with Crippen molar-refractivity contribution in [1.82, 2.24) is 19.5 Å².